The van der Waals surface area contributed by atoms with Crippen LogP contribution < -0.4 is 4.74 Å². The maximum absolute atomic E-state index is 12.0. The van der Waals surface area contributed by atoms with E-state index in [0.717, 1.165) is 11.3 Å². The number of carbonyl (C=O) groups excluding carboxylic acids is 2. The third-order valence-corrected chi connectivity index (χ3v) is 4.42. The Kier molecular flexibility index (Phi) is 4.54. The van der Waals surface area contributed by atoms with Gasteiger partial charge in [-0.05, 0) is 6.07 Å². The van der Waals surface area contributed by atoms with Crippen molar-refractivity contribution in [3.05, 3.63) is 29.8 Å². The van der Waals surface area contributed by atoms with Crippen molar-refractivity contribution in [3.8, 4) is 5.75 Å². The van der Waals surface area contributed by atoms with Crippen molar-refractivity contribution in [1.82, 2.24) is 9.80 Å². The zero-order valence-corrected chi connectivity index (χ0v) is 12.6. The predicted molar refractivity (Wildman–Crippen MR) is 78.6 cm³/mol. The first-order chi connectivity index (χ1) is 9.54. The van der Waals surface area contributed by atoms with E-state index < -0.39 is 0 Å². The second kappa shape index (κ2) is 6.17. The quantitative estimate of drug-likeness (QED) is 0.841. The Labute approximate surface area is 122 Å². The molecule has 20 heavy (non-hydrogen) atoms. The molecule has 0 spiro atoms. The van der Waals surface area contributed by atoms with E-state index in [1.165, 1.54) is 16.7 Å². The average Bonchev–Trinajstić information content (AvgIpc) is 2.80. The van der Waals surface area contributed by atoms with E-state index in [0.29, 0.717) is 5.75 Å². The van der Waals surface area contributed by atoms with Gasteiger partial charge in [-0.15, -0.1) is 11.8 Å². The van der Waals surface area contributed by atoms with E-state index in [4.69, 9.17) is 4.74 Å². The summed E-state index contributed by atoms with van der Waals surface area (Å²) in [5.74, 6) is 1.03. The fourth-order valence-electron chi connectivity index (χ4n) is 2.04. The molecule has 0 aromatic heterocycles. The van der Waals surface area contributed by atoms with Crippen LogP contribution in [-0.2, 0) is 9.59 Å². The summed E-state index contributed by atoms with van der Waals surface area (Å²) in [6, 6.07) is 7.60. The maximum atomic E-state index is 12.0. The molecule has 1 unspecified atom stereocenters. The van der Waals surface area contributed by atoms with Gasteiger partial charge >= 0.3 is 0 Å². The van der Waals surface area contributed by atoms with Gasteiger partial charge in [-0.3, -0.25) is 9.59 Å². The van der Waals surface area contributed by atoms with Crippen LogP contribution in [0.1, 0.15) is 10.9 Å². The van der Waals surface area contributed by atoms with Crippen molar-refractivity contribution in [2.75, 3.05) is 33.5 Å². The molecular weight excluding hydrogens is 276 g/mol. The van der Waals surface area contributed by atoms with Crippen LogP contribution in [0.3, 0.4) is 0 Å². The van der Waals surface area contributed by atoms with Crippen molar-refractivity contribution in [2.24, 2.45) is 0 Å². The number of hydrogen-bond donors (Lipinski definition) is 0. The Morgan fingerprint density at radius 2 is 2.15 bits per heavy atom. The lowest BCUT2D eigenvalue weighted by Gasteiger charge is -2.26. The average molecular weight is 294 g/mol. The summed E-state index contributed by atoms with van der Waals surface area (Å²) in [6.45, 7) is 0.0988. The highest BCUT2D eigenvalue weighted by atomic mass is 32.2. The van der Waals surface area contributed by atoms with Crippen LogP contribution in [0.15, 0.2) is 24.3 Å². The molecule has 2 rings (SSSR count). The fraction of sp³-hybridized carbons (Fsp3) is 0.429. The van der Waals surface area contributed by atoms with E-state index in [-0.39, 0.29) is 23.7 Å². The molecule has 5 nitrogen and oxygen atoms in total. The third-order valence-electron chi connectivity index (χ3n) is 3.18. The van der Waals surface area contributed by atoms with Crippen LogP contribution >= 0.6 is 11.8 Å². The van der Waals surface area contributed by atoms with Crippen LogP contribution in [0.4, 0.5) is 0 Å². The van der Waals surface area contributed by atoms with Crippen LogP contribution in [0, 0.1) is 0 Å². The number of thioether (sulfide) groups is 1. The van der Waals surface area contributed by atoms with Crippen molar-refractivity contribution in [1.29, 1.82) is 0 Å². The normalized spacial score (nSPS) is 18.2. The molecule has 1 heterocycles. The minimum absolute atomic E-state index is 0.0129. The summed E-state index contributed by atoms with van der Waals surface area (Å²) >= 11 is 1.52. The molecule has 2 amide bonds. The lowest BCUT2D eigenvalue weighted by atomic mass is 10.2. The molecule has 6 heteroatoms. The highest BCUT2D eigenvalue weighted by molar-refractivity contribution is 8.00. The number of hydrogen-bond acceptors (Lipinski definition) is 4. The zero-order chi connectivity index (χ0) is 14.7. The third kappa shape index (κ3) is 2.90. The van der Waals surface area contributed by atoms with Crippen LogP contribution in [0.25, 0.3) is 0 Å². The highest BCUT2D eigenvalue weighted by Crippen LogP contribution is 2.42. The van der Waals surface area contributed by atoms with E-state index in [1.807, 2.05) is 24.3 Å². The van der Waals surface area contributed by atoms with Gasteiger partial charge < -0.3 is 14.5 Å². The predicted octanol–water partition coefficient (Wildman–Crippen LogP) is 1.36. The van der Waals surface area contributed by atoms with E-state index in [2.05, 4.69) is 0 Å². The molecule has 0 radical (unpaired) electrons. The fourth-order valence-corrected chi connectivity index (χ4v) is 3.25. The Hall–Kier alpha value is -1.69. The number of likely N-dealkylation sites (N-methyl/N-ethyl adjacent to an activating group) is 1. The van der Waals surface area contributed by atoms with Gasteiger partial charge in [0.15, 0.2) is 0 Å². The molecule has 0 bridgehead atoms. The van der Waals surface area contributed by atoms with E-state index >= 15 is 0 Å². The zero-order valence-electron chi connectivity index (χ0n) is 11.8. The number of amides is 2. The Morgan fingerprint density at radius 3 is 2.80 bits per heavy atom. The summed E-state index contributed by atoms with van der Waals surface area (Å²) in [7, 11) is 4.98. The molecule has 0 N–H and O–H groups in total. The SMILES string of the molecule is COc1ccccc1C1SCC(=O)N1CC(=O)N(C)C. The standard InChI is InChI=1S/C14H18N2O3S/c1-15(2)12(17)8-16-13(18)9-20-14(16)10-6-4-5-7-11(10)19-3/h4-7,14H,8-9H2,1-3H3. The molecule has 1 aliphatic heterocycles. The van der Waals surface area contributed by atoms with Crippen molar-refractivity contribution >= 4 is 23.6 Å². The van der Waals surface area contributed by atoms with Gasteiger partial charge in [0.05, 0.1) is 12.9 Å². The Bertz CT molecular complexity index is 519. The number of carbonyl (C=O) groups is 2. The van der Waals surface area contributed by atoms with Crippen molar-refractivity contribution in [3.63, 3.8) is 0 Å². The second-order valence-corrected chi connectivity index (χ2v) is 5.78. The summed E-state index contributed by atoms with van der Waals surface area (Å²) in [5.41, 5.74) is 0.928. The summed E-state index contributed by atoms with van der Waals surface area (Å²) in [5, 5.41) is -0.164. The van der Waals surface area contributed by atoms with Gasteiger partial charge in [0.1, 0.15) is 17.7 Å². The number of para-hydroxylation sites is 1. The number of methoxy groups -OCH3 is 1. The molecule has 1 aromatic carbocycles. The molecule has 1 aliphatic rings. The molecule has 1 saturated heterocycles. The number of ether oxygens (including phenoxy) is 1. The summed E-state index contributed by atoms with van der Waals surface area (Å²) < 4.78 is 5.35. The van der Waals surface area contributed by atoms with Gasteiger partial charge in [-0.25, -0.2) is 0 Å². The van der Waals surface area contributed by atoms with Crippen LogP contribution in [0.2, 0.25) is 0 Å². The smallest absolute Gasteiger partial charge is 0.241 e. The topological polar surface area (TPSA) is 49.9 Å². The molecule has 1 fully saturated rings. The highest BCUT2D eigenvalue weighted by Gasteiger charge is 2.35. The Balaban J connectivity index is 2.25. The first-order valence-electron chi connectivity index (χ1n) is 6.28. The lowest BCUT2D eigenvalue weighted by Crippen LogP contribution is -2.38. The molecular formula is C14H18N2O3S. The van der Waals surface area contributed by atoms with Gasteiger partial charge in [0, 0.05) is 19.7 Å². The van der Waals surface area contributed by atoms with Gasteiger partial charge in [0.25, 0.3) is 0 Å². The van der Waals surface area contributed by atoms with E-state index in [9.17, 15) is 9.59 Å². The molecule has 1 aromatic rings. The first kappa shape index (κ1) is 14.7. The van der Waals surface area contributed by atoms with Gasteiger partial charge in [-0.1, -0.05) is 18.2 Å². The Morgan fingerprint density at radius 1 is 1.45 bits per heavy atom. The number of rotatable bonds is 4. The maximum Gasteiger partial charge on any atom is 0.241 e. The minimum Gasteiger partial charge on any atom is -0.496 e. The summed E-state index contributed by atoms with van der Waals surface area (Å²) in [6.07, 6.45) is 0. The molecule has 108 valence electrons. The minimum atomic E-state index is -0.164. The van der Waals surface area contributed by atoms with Crippen LogP contribution in [0.5, 0.6) is 5.75 Å². The number of benzene rings is 1. The van der Waals surface area contributed by atoms with Gasteiger partial charge in [-0.2, -0.15) is 0 Å². The molecule has 1 atom stereocenters. The first-order valence-corrected chi connectivity index (χ1v) is 7.33. The van der Waals surface area contributed by atoms with E-state index in [1.54, 1.807) is 26.1 Å². The van der Waals surface area contributed by atoms with Crippen molar-refractivity contribution in [2.45, 2.75) is 5.37 Å². The largest absolute Gasteiger partial charge is 0.496 e. The lowest BCUT2D eigenvalue weighted by molar-refractivity contribution is -0.137. The monoisotopic (exact) mass is 294 g/mol. The number of nitrogens with zero attached hydrogens (tertiary/aromatic N) is 2. The van der Waals surface area contributed by atoms with Crippen molar-refractivity contribution < 1.29 is 14.3 Å². The molecule has 0 aliphatic carbocycles. The summed E-state index contributed by atoms with van der Waals surface area (Å²) in [4.78, 5) is 27.0. The second-order valence-electron chi connectivity index (χ2n) is 4.72. The molecule has 0 saturated carbocycles. The van der Waals surface area contributed by atoms with Gasteiger partial charge in [0.2, 0.25) is 11.8 Å². The van der Waals surface area contributed by atoms with Crippen LogP contribution in [-0.4, -0.2) is 55.1 Å².